The molecule has 136 valence electrons. The highest BCUT2D eigenvalue weighted by Gasteiger charge is 2.21. The van der Waals surface area contributed by atoms with Gasteiger partial charge in [-0.15, -0.1) is 0 Å². The molecular formula is C20H21ClN2O3. The smallest absolute Gasteiger partial charge is 0.260 e. The molecule has 1 fully saturated rings. The molecule has 1 aliphatic rings. The predicted molar refractivity (Wildman–Crippen MR) is 101 cm³/mol. The number of rotatable bonds is 6. The van der Waals surface area contributed by atoms with E-state index in [-0.39, 0.29) is 18.4 Å². The van der Waals surface area contributed by atoms with Crippen molar-refractivity contribution in [3.63, 3.8) is 0 Å². The van der Waals surface area contributed by atoms with Crippen molar-refractivity contribution < 1.29 is 14.3 Å². The summed E-state index contributed by atoms with van der Waals surface area (Å²) in [4.78, 5) is 27.4. The first-order valence-electron chi connectivity index (χ1n) is 8.54. The van der Waals surface area contributed by atoms with Gasteiger partial charge in [0.1, 0.15) is 5.75 Å². The minimum Gasteiger partial charge on any atom is -0.484 e. The maximum atomic E-state index is 12.2. The van der Waals surface area contributed by atoms with Gasteiger partial charge in [0.2, 0.25) is 5.91 Å². The fourth-order valence-corrected chi connectivity index (χ4v) is 3.11. The molecule has 0 atom stereocenters. The normalized spacial score (nSPS) is 13.8. The van der Waals surface area contributed by atoms with Crippen molar-refractivity contribution >= 4 is 29.1 Å². The lowest BCUT2D eigenvalue weighted by Gasteiger charge is -2.18. The van der Waals surface area contributed by atoms with Crippen LogP contribution in [0.3, 0.4) is 0 Å². The Morgan fingerprint density at radius 3 is 2.65 bits per heavy atom. The van der Waals surface area contributed by atoms with Gasteiger partial charge in [-0.3, -0.25) is 9.59 Å². The third-order valence-corrected chi connectivity index (χ3v) is 4.55. The molecule has 1 saturated heterocycles. The Balaban J connectivity index is 1.51. The number of anilines is 1. The zero-order chi connectivity index (χ0) is 18.5. The Morgan fingerprint density at radius 1 is 1.23 bits per heavy atom. The number of hydrogen-bond donors (Lipinski definition) is 0. The molecule has 1 heterocycles. The van der Waals surface area contributed by atoms with Gasteiger partial charge in [-0.05, 0) is 48.4 Å². The zero-order valence-electron chi connectivity index (χ0n) is 14.7. The van der Waals surface area contributed by atoms with E-state index >= 15 is 0 Å². The van der Waals surface area contributed by atoms with Crippen LogP contribution in [0, 0.1) is 0 Å². The van der Waals surface area contributed by atoms with E-state index in [0.29, 0.717) is 23.7 Å². The summed E-state index contributed by atoms with van der Waals surface area (Å²) >= 11 is 5.97. The number of benzene rings is 2. The molecule has 0 bridgehead atoms. The highest BCUT2D eigenvalue weighted by atomic mass is 35.5. The topological polar surface area (TPSA) is 49.9 Å². The van der Waals surface area contributed by atoms with E-state index in [0.717, 1.165) is 24.2 Å². The molecule has 2 aromatic rings. The highest BCUT2D eigenvalue weighted by molar-refractivity contribution is 6.30. The van der Waals surface area contributed by atoms with Crippen LogP contribution in [0.15, 0.2) is 48.5 Å². The molecule has 3 rings (SSSR count). The predicted octanol–water partition coefficient (Wildman–Crippen LogP) is 3.50. The first-order valence-corrected chi connectivity index (χ1v) is 8.92. The zero-order valence-corrected chi connectivity index (χ0v) is 15.4. The van der Waals surface area contributed by atoms with E-state index in [1.165, 1.54) is 0 Å². The SMILES string of the molecule is CN(Cc1cccc(Cl)c1)C(=O)COc1ccc(N2CCCC2=O)cc1. The molecule has 0 N–H and O–H groups in total. The lowest BCUT2D eigenvalue weighted by atomic mass is 10.2. The Kier molecular flexibility index (Phi) is 5.78. The maximum Gasteiger partial charge on any atom is 0.260 e. The van der Waals surface area contributed by atoms with E-state index in [4.69, 9.17) is 16.3 Å². The molecule has 6 heteroatoms. The summed E-state index contributed by atoms with van der Waals surface area (Å²) in [6, 6.07) is 14.7. The summed E-state index contributed by atoms with van der Waals surface area (Å²) in [6.07, 6.45) is 1.50. The number of likely N-dealkylation sites (N-methyl/N-ethyl adjacent to an activating group) is 1. The highest BCUT2D eigenvalue weighted by Crippen LogP contribution is 2.24. The fourth-order valence-electron chi connectivity index (χ4n) is 2.90. The molecule has 0 unspecified atom stereocenters. The van der Waals surface area contributed by atoms with Crippen LogP contribution in [0.1, 0.15) is 18.4 Å². The van der Waals surface area contributed by atoms with Gasteiger partial charge in [0.15, 0.2) is 6.61 Å². The standard InChI is InChI=1S/C20H21ClN2O3/c1-22(13-15-4-2-5-16(21)12-15)20(25)14-26-18-9-7-17(8-10-18)23-11-3-6-19(23)24/h2,4-5,7-10,12H,3,6,11,13-14H2,1H3. The first-order chi connectivity index (χ1) is 12.5. The number of carbonyl (C=O) groups is 2. The van der Waals surface area contributed by atoms with E-state index in [1.54, 1.807) is 35.0 Å². The lowest BCUT2D eigenvalue weighted by molar-refractivity contribution is -0.132. The van der Waals surface area contributed by atoms with E-state index < -0.39 is 0 Å². The molecule has 1 aliphatic heterocycles. The van der Waals surface area contributed by atoms with Crippen molar-refractivity contribution in [2.45, 2.75) is 19.4 Å². The number of hydrogen-bond acceptors (Lipinski definition) is 3. The number of nitrogens with zero attached hydrogens (tertiary/aromatic N) is 2. The molecule has 2 aromatic carbocycles. The number of halogens is 1. The van der Waals surface area contributed by atoms with Gasteiger partial charge in [-0.1, -0.05) is 23.7 Å². The van der Waals surface area contributed by atoms with Gasteiger partial charge < -0.3 is 14.5 Å². The summed E-state index contributed by atoms with van der Waals surface area (Å²) in [5.41, 5.74) is 1.83. The van der Waals surface area contributed by atoms with Crippen molar-refractivity contribution in [2.24, 2.45) is 0 Å². The van der Waals surface area contributed by atoms with E-state index in [1.807, 2.05) is 30.3 Å². The molecule has 0 saturated carbocycles. The van der Waals surface area contributed by atoms with Crippen LogP contribution in [-0.2, 0) is 16.1 Å². The molecular weight excluding hydrogens is 352 g/mol. The average molecular weight is 373 g/mol. The number of amides is 2. The molecule has 0 aliphatic carbocycles. The van der Waals surface area contributed by atoms with Gasteiger partial charge in [-0.2, -0.15) is 0 Å². The van der Waals surface area contributed by atoms with Crippen molar-refractivity contribution in [2.75, 3.05) is 25.1 Å². The molecule has 26 heavy (non-hydrogen) atoms. The second kappa shape index (κ2) is 8.23. The number of carbonyl (C=O) groups excluding carboxylic acids is 2. The summed E-state index contributed by atoms with van der Waals surface area (Å²) in [7, 11) is 1.73. The second-order valence-electron chi connectivity index (χ2n) is 6.31. The van der Waals surface area contributed by atoms with Crippen molar-refractivity contribution in [1.29, 1.82) is 0 Å². The van der Waals surface area contributed by atoms with Crippen LogP contribution in [0.4, 0.5) is 5.69 Å². The van der Waals surface area contributed by atoms with Crippen LogP contribution in [0.5, 0.6) is 5.75 Å². The van der Waals surface area contributed by atoms with Crippen LogP contribution < -0.4 is 9.64 Å². The fraction of sp³-hybridized carbons (Fsp3) is 0.300. The molecule has 0 radical (unpaired) electrons. The summed E-state index contributed by atoms with van der Waals surface area (Å²) in [5, 5.41) is 0.649. The van der Waals surface area contributed by atoms with Gasteiger partial charge in [0.25, 0.3) is 5.91 Å². The minimum atomic E-state index is -0.122. The molecule has 2 amide bonds. The Morgan fingerprint density at radius 2 is 2.00 bits per heavy atom. The quantitative estimate of drug-likeness (QED) is 0.779. The van der Waals surface area contributed by atoms with Crippen LogP contribution in [-0.4, -0.2) is 36.9 Å². The number of ether oxygens (including phenoxy) is 1. The van der Waals surface area contributed by atoms with E-state index in [9.17, 15) is 9.59 Å². The van der Waals surface area contributed by atoms with Crippen molar-refractivity contribution in [1.82, 2.24) is 4.90 Å². The largest absolute Gasteiger partial charge is 0.484 e. The van der Waals surface area contributed by atoms with Crippen LogP contribution in [0.25, 0.3) is 0 Å². The van der Waals surface area contributed by atoms with Gasteiger partial charge in [-0.25, -0.2) is 0 Å². The summed E-state index contributed by atoms with van der Waals surface area (Å²) in [6.45, 7) is 1.18. The second-order valence-corrected chi connectivity index (χ2v) is 6.75. The third-order valence-electron chi connectivity index (χ3n) is 4.32. The van der Waals surface area contributed by atoms with E-state index in [2.05, 4.69) is 0 Å². The first kappa shape index (κ1) is 18.3. The van der Waals surface area contributed by atoms with Crippen molar-refractivity contribution in [3.05, 3.63) is 59.1 Å². The Labute approximate surface area is 158 Å². The average Bonchev–Trinajstić information content (AvgIpc) is 3.06. The Bertz CT molecular complexity index is 792. The van der Waals surface area contributed by atoms with Crippen LogP contribution >= 0.6 is 11.6 Å². The third kappa shape index (κ3) is 4.55. The van der Waals surface area contributed by atoms with Gasteiger partial charge in [0.05, 0.1) is 0 Å². The van der Waals surface area contributed by atoms with Crippen molar-refractivity contribution in [3.8, 4) is 5.75 Å². The minimum absolute atomic E-state index is 0.0426. The van der Waals surface area contributed by atoms with Crippen LogP contribution in [0.2, 0.25) is 5.02 Å². The Hall–Kier alpha value is -2.53. The molecule has 5 nitrogen and oxygen atoms in total. The molecule has 0 aromatic heterocycles. The monoisotopic (exact) mass is 372 g/mol. The van der Waals surface area contributed by atoms with Gasteiger partial charge in [0, 0.05) is 37.3 Å². The van der Waals surface area contributed by atoms with Gasteiger partial charge >= 0.3 is 0 Å². The summed E-state index contributed by atoms with van der Waals surface area (Å²) < 4.78 is 5.57. The lowest BCUT2D eigenvalue weighted by Crippen LogP contribution is -2.31. The molecule has 0 spiro atoms. The maximum absolute atomic E-state index is 12.2. The summed E-state index contributed by atoms with van der Waals surface area (Å²) in [5.74, 6) is 0.630.